The third-order valence-electron chi connectivity index (χ3n) is 5.75. The molecule has 0 spiro atoms. The molecule has 1 aromatic carbocycles. The Balaban J connectivity index is 1.23. The fourth-order valence-corrected chi connectivity index (χ4v) is 4.25. The monoisotopic (exact) mass is 391 g/mol. The predicted molar refractivity (Wildman–Crippen MR) is 110 cm³/mol. The lowest BCUT2D eigenvalue weighted by Crippen LogP contribution is -2.50. The van der Waals surface area contributed by atoms with Gasteiger partial charge in [0.05, 0.1) is 42.6 Å². The molecule has 2 aliphatic heterocycles. The molecule has 1 atom stereocenters. The number of aromatic nitrogens is 4. The summed E-state index contributed by atoms with van der Waals surface area (Å²) in [6, 6.07) is 10.2. The van der Waals surface area contributed by atoms with E-state index in [4.69, 9.17) is 0 Å². The number of carbonyl (C=O) groups is 1. The zero-order chi connectivity index (χ0) is 19.8. The van der Waals surface area contributed by atoms with Gasteiger partial charge < -0.3 is 15.1 Å². The Bertz CT molecular complexity index is 1010. The van der Waals surface area contributed by atoms with Crippen LogP contribution in [0.1, 0.15) is 24.1 Å². The summed E-state index contributed by atoms with van der Waals surface area (Å²) in [5, 5.41) is 12.0. The van der Waals surface area contributed by atoms with Gasteiger partial charge in [0, 0.05) is 37.9 Å². The molecule has 3 aromatic rings. The fourth-order valence-electron chi connectivity index (χ4n) is 4.25. The molecule has 1 N–H and O–H groups in total. The third kappa shape index (κ3) is 3.46. The lowest BCUT2D eigenvalue weighted by Gasteiger charge is -2.34. The topological polar surface area (TPSA) is 71.2 Å². The van der Waals surface area contributed by atoms with Gasteiger partial charge in [-0.2, -0.15) is 10.2 Å². The van der Waals surface area contributed by atoms with Crippen molar-refractivity contribution in [2.45, 2.75) is 32.0 Å². The van der Waals surface area contributed by atoms with Gasteiger partial charge in [-0.1, -0.05) is 18.2 Å². The van der Waals surface area contributed by atoms with Crippen LogP contribution in [-0.2, 0) is 20.1 Å². The van der Waals surface area contributed by atoms with Crippen molar-refractivity contribution >= 4 is 11.7 Å². The lowest BCUT2D eigenvalue weighted by atomic mass is 10.1. The van der Waals surface area contributed by atoms with E-state index in [-0.39, 0.29) is 12.1 Å². The number of hydrogen-bond acceptors (Lipinski definition) is 4. The zero-order valence-corrected chi connectivity index (χ0v) is 16.5. The number of amides is 2. The Labute approximate surface area is 169 Å². The van der Waals surface area contributed by atoms with Crippen LogP contribution in [0, 0.1) is 0 Å². The van der Waals surface area contributed by atoms with Gasteiger partial charge in [-0.05, 0) is 25.0 Å². The second-order valence-corrected chi connectivity index (χ2v) is 7.83. The number of fused-ring (bicyclic) bond motifs is 1. The average molecular weight is 391 g/mol. The maximum atomic E-state index is 12.9. The number of piperidine rings is 1. The minimum Gasteiger partial charge on any atom is -0.367 e. The molecule has 2 amide bonds. The van der Waals surface area contributed by atoms with Crippen LogP contribution < -0.4 is 10.2 Å². The largest absolute Gasteiger partial charge is 0.367 e. The molecule has 5 rings (SSSR count). The highest BCUT2D eigenvalue weighted by Crippen LogP contribution is 2.25. The molecule has 150 valence electrons. The molecule has 0 saturated carbocycles. The predicted octanol–water partition coefficient (Wildman–Crippen LogP) is 2.30. The van der Waals surface area contributed by atoms with Gasteiger partial charge in [-0.3, -0.25) is 4.68 Å². The quantitative estimate of drug-likeness (QED) is 0.744. The molecule has 1 saturated heterocycles. The first-order chi connectivity index (χ1) is 14.2. The van der Waals surface area contributed by atoms with Crippen molar-refractivity contribution in [3.05, 3.63) is 60.2 Å². The number of hydrogen-bond donors (Lipinski definition) is 1. The second-order valence-electron chi connectivity index (χ2n) is 7.83. The van der Waals surface area contributed by atoms with Gasteiger partial charge in [-0.25, -0.2) is 9.48 Å². The zero-order valence-electron chi connectivity index (χ0n) is 16.5. The number of benzene rings is 1. The molecule has 0 aliphatic carbocycles. The number of para-hydroxylation sites is 1. The van der Waals surface area contributed by atoms with E-state index in [1.54, 1.807) is 0 Å². The van der Waals surface area contributed by atoms with E-state index in [1.807, 2.05) is 70.2 Å². The molecular weight excluding hydrogens is 366 g/mol. The summed E-state index contributed by atoms with van der Waals surface area (Å²) in [4.78, 5) is 17.1. The Hall–Kier alpha value is -3.29. The molecule has 1 unspecified atom stereocenters. The normalized spacial score (nSPS) is 18.7. The van der Waals surface area contributed by atoms with Crippen molar-refractivity contribution in [2.75, 3.05) is 18.0 Å². The summed E-state index contributed by atoms with van der Waals surface area (Å²) in [6.07, 6.45) is 7.85. The van der Waals surface area contributed by atoms with Gasteiger partial charge in [0.1, 0.15) is 0 Å². The Morgan fingerprint density at radius 2 is 1.97 bits per heavy atom. The van der Waals surface area contributed by atoms with Crippen molar-refractivity contribution in [2.24, 2.45) is 7.05 Å². The van der Waals surface area contributed by atoms with Gasteiger partial charge >= 0.3 is 6.03 Å². The molecule has 8 heteroatoms. The summed E-state index contributed by atoms with van der Waals surface area (Å²) in [5.74, 6) is 0. The summed E-state index contributed by atoms with van der Waals surface area (Å²) in [6.45, 7) is 3.00. The van der Waals surface area contributed by atoms with E-state index in [0.717, 1.165) is 48.6 Å². The number of aryl methyl sites for hydroxylation is 1. The van der Waals surface area contributed by atoms with Crippen molar-refractivity contribution in [3.63, 3.8) is 0 Å². The molecule has 0 bridgehead atoms. The fraction of sp³-hybridized carbons (Fsp3) is 0.381. The average Bonchev–Trinajstić information content (AvgIpc) is 3.44. The molecule has 2 aliphatic rings. The van der Waals surface area contributed by atoms with E-state index in [0.29, 0.717) is 13.1 Å². The highest BCUT2D eigenvalue weighted by molar-refractivity contribution is 5.75. The van der Waals surface area contributed by atoms with E-state index in [1.165, 1.54) is 0 Å². The van der Waals surface area contributed by atoms with Gasteiger partial charge in [0.15, 0.2) is 0 Å². The number of urea groups is 1. The Morgan fingerprint density at radius 1 is 1.10 bits per heavy atom. The van der Waals surface area contributed by atoms with Gasteiger partial charge in [-0.15, -0.1) is 0 Å². The molecule has 29 heavy (non-hydrogen) atoms. The van der Waals surface area contributed by atoms with Crippen LogP contribution >= 0.6 is 0 Å². The number of nitrogens with zero attached hydrogens (tertiary/aromatic N) is 6. The number of anilines is 1. The first kappa shape index (κ1) is 17.8. The summed E-state index contributed by atoms with van der Waals surface area (Å²) in [7, 11) is 1.92. The van der Waals surface area contributed by atoms with Crippen molar-refractivity contribution < 1.29 is 4.79 Å². The van der Waals surface area contributed by atoms with Crippen LogP contribution in [0.5, 0.6) is 0 Å². The number of rotatable bonds is 3. The maximum Gasteiger partial charge on any atom is 0.318 e. The van der Waals surface area contributed by atoms with Crippen LogP contribution in [0.25, 0.3) is 5.69 Å². The van der Waals surface area contributed by atoms with Crippen molar-refractivity contribution in [1.82, 2.24) is 29.8 Å². The third-order valence-corrected chi connectivity index (χ3v) is 5.75. The van der Waals surface area contributed by atoms with E-state index in [2.05, 4.69) is 20.4 Å². The lowest BCUT2D eigenvalue weighted by molar-refractivity contribution is 0.191. The van der Waals surface area contributed by atoms with Crippen molar-refractivity contribution in [3.8, 4) is 5.69 Å². The molecule has 4 heterocycles. The summed E-state index contributed by atoms with van der Waals surface area (Å²) >= 11 is 0. The maximum absolute atomic E-state index is 12.9. The van der Waals surface area contributed by atoms with Gasteiger partial charge in [0.25, 0.3) is 0 Å². The molecular formula is C21H25N7O. The van der Waals surface area contributed by atoms with Crippen LogP contribution in [-0.4, -0.2) is 49.6 Å². The number of carbonyl (C=O) groups excluding carboxylic acids is 1. The van der Waals surface area contributed by atoms with E-state index in [9.17, 15) is 4.79 Å². The highest BCUT2D eigenvalue weighted by Gasteiger charge is 2.30. The second kappa shape index (κ2) is 7.27. The molecule has 8 nitrogen and oxygen atoms in total. The Morgan fingerprint density at radius 3 is 2.76 bits per heavy atom. The van der Waals surface area contributed by atoms with Gasteiger partial charge in [0.2, 0.25) is 0 Å². The molecule has 0 radical (unpaired) electrons. The first-order valence-electron chi connectivity index (χ1n) is 10.1. The van der Waals surface area contributed by atoms with E-state index >= 15 is 0 Å². The summed E-state index contributed by atoms with van der Waals surface area (Å²) in [5.41, 5.74) is 4.34. The molecule has 1 fully saturated rings. The number of nitrogens with one attached hydrogen (secondary N) is 1. The molecule has 2 aromatic heterocycles. The minimum atomic E-state index is -0.00107. The van der Waals surface area contributed by atoms with E-state index < -0.39 is 0 Å². The smallest absolute Gasteiger partial charge is 0.318 e. The standard InChI is InChI=1S/C21H25N7O/c1-25-14-19(11-22-25)26-9-5-6-17(13-26)24-21(29)27-12-16-10-23-28(20(16)15-27)18-7-3-2-4-8-18/h2-4,7-8,10-11,14,17H,5-6,9,12-13,15H2,1H3,(H,24,29). The van der Waals surface area contributed by atoms with Crippen LogP contribution in [0.3, 0.4) is 0 Å². The van der Waals surface area contributed by atoms with Crippen LogP contribution in [0.15, 0.2) is 48.9 Å². The van der Waals surface area contributed by atoms with Crippen LogP contribution in [0.4, 0.5) is 10.5 Å². The Kier molecular flexibility index (Phi) is 4.46. The SMILES string of the molecule is Cn1cc(N2CCCC(NC(=O)N3Cc4cnn(-c5ccccc5)c4C3)C2)cn1. The summed E-state index contributed by atoms with van der Waals surface area (Å²) < 4.78 is 3.75. The first-order valence-corrected chi connectivity index (χ1v) is 10.1. The highest BCUT2D eigenvalue weighted by atomic mass is 16.2. The van der Waals surface area contributed by atoms with Crippen molar-refractivity contribution in [1.29, 1.82) is 0 Å². The van der Waals surface area contributed by atoms with Crippen LogP contribution in [0.2, 0.25) is 0 Å². The minimum absolute atomic E-state index is 0.00107.